The van der Waals surface area contributed by atoms with E-state index in [0.29, 0.717) is 22.9 Å². The molecule has 1 aliphatic heterocycles. The molecule has 0 spiro atoms. The van der Waals surface area contributed by atoms with Crippen molar-refractivity contribution in [2.45, 2.75) is 24.9 Å². The summed E-state index contributed by atoms with van der Waals surface area (Å²) in [6, 6.07) is 9.30. The van der Waals surface area contributed by atoms with Gasteiger partial charge in [-0.3, -0.25) is 4.79 Å². The molecule has 8 heteroatoms. The van der Waals surface area contributed by atoms with Crippen LogP contribution in [0, 0.1) is 5.92 Å². The molecule has 8 nitrogen and oxygen atoms in total. The van der Waals surface area contributed by atoms with Gasteiger partial charge in [-0.15, -0.1) is 0 Å². The van der Waals surface area contributed by atoms with Gasteiger partial charge >= 0.3 is 0 Å². The van der Waals surface area contributed by atoms with Gasteiger partial charge in [-0.1, -0.05) is 6.07 Å². The van der Waals surface area contributed by atoms with E-state index in [4.69, 9.17) is 18.9 Å². The van der Waals surface area contributed by atoms with E-state index in [1.165, 1.54) is 11.1 Å². The van der Waals surface area contributed by atoms with Gasteiger partial charge in [0.2, 0.25) is 11.7 Å². The van der Waals surface area contributed by atoms with Crippen LogP contribution in [-0.2, 0) is 11.2 Å². The standard InChI is InChI=1S/C22H27N3O5/c1-27-14-6-8-15-12(9-14)5-7-16-19(15)24-25-20(16)22(26)23-13-10-17(28-2)21(30-4)18(11-13)29-3/h6,8-11,16,19-20,24-25H,5,7H2,1-4H3,(H,23,26). The number of carbonyl (C=O) groups is 1. The van der Waals surface area contributed by atoms with Crippen molar-refractivity contribution < 1.29 is 23.7 Å². The number of amides is 1. The fraction of sp³-hybridized carbons (Fsp3) is 0.409. The molecule has 3 unspecified atom stereocenters. The van der Waals surface area contributed by atoms with E-state index in [-0.39, 0.29) is 23.9 Å². The van der Waals surface area contributed by atoms with Gasteiger partial charge in [0.25, 0.3) is 0 Å². The van der Waals surface area contributed by atoms with Crippen molar-refractivity contribution in [3.8, 4) is 23.0 Å². The first-order valence-corrected chi connectivity index (χ1v) is 9.88. The molecule has 1 amide bonds. The Morgan fingerprint density at radius 3 is 2.33 bits per heavy atom. The first-order valence-electron chi connectivity index (χ1n) is 9.88. The summed E-state index contributed by atoms with van der Waals surface area (Å²) in [6.07, 6.45) is 1.81. The predicted octanol–water partition coefficient (Wildman–Crippen LogP) is 2.44. The van der Waals surface area contributed by atoms with Crippen LogP contribution in [0.15, 0.2) is 30.3 Å². The topological polar surface area (TPSA) is 90.1 Å². The Morgan fingerprint density at radius 2 is 1.70 bits per heavy atom. The van der Waals surface area contributed by atoms with Crippen molar-refractivity contribution in [2.75, 3.05) is 33.8 Å². The molecule has 160 valence electrons. The summed E-state index contributed by atoms with van der Waals surface area (Å²) in [4.78, 5) is 13.1. The molecular weight excluding hydrogens is 386 g/mol. The minimum atomic E-state index is -0.357. The largest absolute Gasteiger partial charge is 0.497 e. The van der Waals surface area contributed by atoms with Crippen molar-refractivity contribution in [3.63, 3.8) is 0 Å². The van der Waals surface area contributed by atoms with E-state index >= 15 is 0 Å². The second kappa shape index (κ2) is 8.41. The van der Waals surface area contributed by atoms with Crippen molar-refractivity contribution in [2.24, 2.45) is 5.92 Å². The summed E-state index contributed by atoms with van der Waals surface area (Å²) in [5, 5.41) is 2.98. The Kier molecular flexibility index (Phi) is 5.69. The summed E-state index contributed by atoms with van der Waals surface area (Å²) in [5.74, 6) is 2.35. The molecule has 3 N–H and O–H groups in total. The lowest BCUT2D eigenvalue weighted by atomic mass is 9.77. The highest BCUT2D eigenvalue weighted by Crippen LogP contribution is 2.42. The number of ether oxygens (including phenoxy) is 4. The van der Waals surface area contributed by atoms with Gasteiger partial charge in [-0.2, -0.15) is 0 Å². The molecule has 2 aliphatic rings. The second-order valence-electron chi connectivity index (χ2n) is 7.41. The molecule has 1 heterocycles. The zero-order valence-corrected chi connectivity index (χ0v) is 17.6. The molecule has 1 aliphatic carbocycles. The Bertz CT molecular complexity index is 923. The average molecular weight is 413 g/mol. The van der Waals surface area contributed by atoms with Crippen LogP contribution in [0.2, 0.25) is 0 Å². The first kappa shape index (κ1) is 20.3. The molecule has 1 saturated heterocycles. The normalized spacial score (nSPS) is 21.9. The molecule has 4 rings (SSSR count). The predicted molar refractivity (Wildman–Crippen MR) is 112 cm³/mol. The smallest absolute Gasteiger partial charge is 0.243 e. The third-order valence-electron chi connectivity index (χ3n) is 5.90. The molecule has 0 aromatic heterocycles. The van der Waals surface area contributed by atoms with Crippen LogP contribution in [0.5, 0.6) is 23.0 Å². The minimum absolute atomic E-state index is 0.0790. The molecule has 0 radical (unpaired) electrons. The molecule has 2 aromatic carbocycles. The van der Waals surface area contributed by atoms with Gasteiger partial charge < -0.3 is 24.3 Å². The van der Waals surface area contributed by atoms with Gasteiger partial charge in [-0.25, -0.2) is 10.9 Å². The van der Waals surface area contributed by atoms with Crippen LogP contribution in [0.3, 0.4) is 0 Å². The number of hydrazine groups is 1. The number of hydrogen-bond donors (Lipinski definition) is 3. The Balaban J connectivity index is 1.53. The highest BCUT2D eigenvalue weighted by atomic mass is 16.5. The zero-order chi connectivity index (χ0) is 21.3. The molecular formula is C22H27N3O5. The van der Waals surface area contributed by atoms with Crippen molar-refractivity contribution in [1.82, 2.24) is 10.9 Å². The van der Waals surface area contributed by atoms with E-state index in [0.717, 1.165) is 18.6 Å². The van der Waals surface area contributed by atoms with E-state index in [2.05, 4.69) is 28.3 Å². The number of aryl methyl sites for hydroxylation is 1. The molecule has 3 atom stereocenters. The zero-order valence-electron chi connectivity index (χ0n) is 17.6. The highest BCUT2D eigenvalue weighted by molar-refractivity contribution is 5.96. The van der Waals surface area contributed by atoms with Gasteiger partial charge in [0.05, 0.1) is 34.5 Å². The van der Waals surface area contributed by atoms with Gasteiger partial charge in [0, 0.05) is 23.7 Å². The maximum absolute atomic E-state index is 13.1. The summed E-state index contributed by atoms with van der Waals surface area (Å²) in [7, 11) is 6.31. The lowest BCUT2D eigenvalue weighted by Crippen LogP contribution is -2.42. The average Bonchev–Trinajstić information content (AvgIpc) is 3.22. The number of methoxy groups -OCH3 is 4. The van der Waals surface area contributed by atoms with Gasteiger partial charge in [-0.05, 0) is 36.1 Å². The number of carbonyl (C=O) groups excluding carboxylic acids is 1. The molecule has 1 fully saturated rings. The number of nitrogens with one attached hydrogen (secondary N) is 3. The SMILES string of the molecule is COc1ccc2c(c1)CCC1C(C(=O)Nc3cc(OC)c(OC)c(OC)c3)NNC21. The van der Waals surface area contributed by atoms with Crippen molar-refractivity contribution in [3.05, 3.63) is 41.5 Å². The highest BCUT2D eigenvalue weighted by Gasteiger charge is 2.43. The van der Waals surface area contributed by atoms with Crippen LogP contribution in [0.1, 0.15) is 23.6 Å². The lowest BCUT2D eigenvalue weighted by molar-refractivity contribution is -0.118. The quantitative estimate of drug-likeness (QED) is 0.670. The first-order chi connectivity index (χ1) is 14.6. The maximum Gasteiger partial charge on any atom is 0.243 e. The van der Waals surface area contributed by atoms with Crippen LogP contribution in [0.4, 0.5) is 5.69 Å². The Morgan fingerprint density at radius 1 is 0.967 bits per heavy atom. The van der Waals surface area contributed by atoms with Gasteiger partial charge in [0.1, 0.15) is 11.8 Å². The van der Waals surface area contributed by atoms with Crippen molar-refractivity contribution in [1.29, 1.82) is 0 Å². The summed E-state index contributed by atoms with van der Waals surface area (Å²) in [6.45, 7) is 0. The van der Waals surface area contributed by atoms with Crippen LogP contribution in [0.25, 0.3) is 0 Å². The van der Waals surface area contributed by atoms with Crippen LogP contribution < -0.4 is 35.1 Å². The van der Waals surface area contributed by atoms with Crippen LogP contribution in [-0.4, -0.2) is 40.4 Å². The van der Waals surface area contributed by atoms with E-state index < -0.39 is 0 Å². The summed E-state index contributed by atoms with van der Waals surface area (Å²) >= 11 is 0. The summed E-state index contributed by atoms with van der Waals surface area (Å²) < 4.78 is 21.4. The van der Waals surface area contributed by atoms with Crippen LogP contribution >= 0.6 is 0 Å². The fourth-order valence-electron chi connectivity index (χ4n) is 4.41. The number of hydrogen-bond acceptors (Lipinski definition) is 7. The monoisotopic (exact) mass is 413 g/mol. The second-order valence-corrected chi connectivity index (χ2v) is 7.41. The number of fused-ring (bicyclic) bond motifs is 3. The lowest BCUT2D eigenvalue weighted by Gasteiger charge is -2.29. The number of benzene rings is 2. The van der Waals surface area contributed by atoms with Crippen molar-refractivity contribution >= 4 is 11.6 Å². The minimum Gasteiger partial charge on any atom is -0.497 e. The Hall–Kier alpha value is -2.97. The van der Waals surface area contributed by atoms with E-state index in [1.807, 2.05) is 6.07 Å². The van der Waals surface area contributed by atoms with E-state index in [9.17, 15) is 4.79 Å². The molecule has 0 bridgehead atoms. The third kappa shape index (κ3) is 3.53. The molecule has 2 aromatic rings. The molecule has 0 saturated carbocycles. The maximum atomic E-state index is 13.1. The summed E-state index contributed by atoms with van der Waals surface area (Å²) in [5.41, 5.74) is 9.55. The number of rotatable bonds is 6. The van der Waals surface area contributed by atoms with Gasteiger partial charge in [0.15, 0.2) is 11.5 Å². The number of anilines is 1. The van der Waals surface area contributed by atoms with E-state index in [1.54, 1.807) is 40.6 Å². The molecule has 30 heavy (non-hydrogen) atoms. The third-order valence-corrected chi connectivity index (χ3v) is 5.90. The fourth-order valence-corrected chi connectivity index (χ4v) is 4.41. The Labute approximate surface area is 175 Å².